The maximum Gasteiger partial charge on any atom is 0.0468 e. The molecule has 0 spiro atoms. The highest BCUT2D eigenvalue weighted by molar-refractivity contribution is 4.76. The number of aliphatic hydroxyl groups is 1. The molecular weight excluding hydrogens is 152 g/mol. The van der Waals surface area contributed by atoms with Crippen LogP contribution in [0.25, 0.3) is 0 Å². The Bertz CT molecular complexity index is 113. The Morgan fingerprint density at radius 1 is 1.67 bits per heavy atom. The molecule has 1 aliphatic rings. The molecule has 2 unspecified atom stereocenters. The average Bonchev–Trinajstić information content (AvgIpc) is 2.57. The molecule has 0 radical (unpaired) electrons. The molecule has 12 heavy (non-hydrogen) atoms. The Kier molecular flexibility index (Phi) is 4.58. The summed E-state index contributed by atoms with van der Waals surface area (Å²) in [6.45, 7) is 5.47. The second-order valence-corrected chi connectivity index (χ2v) is 3.74. The van der Waals surface area contributed by atoms with Gasteiger partial charge in [-0.1, -0.05) is 6.92 Å². The Morgan fingerprint density at radius 3 is 3.08 bits per heavy atom. The van der Waals surface area contributed by atoms with Crippen molar-refractivity contribution in [1.29, 1.82) is 0 Å². The number of hydrogen-bond donors (Lipinski definition) is 3. The van der Waals surface area contributed by atoms with E-state index in [0.29, 0.717) is 12.0 Å². The number of rotatable bonds is 5. The molecule has 0 aromatic heterocycles. The highest BCUT2D eigenvalue weighted by Crippen LogP contribution is 2.03. The summed E-state index contributed by atoms with van der Waals surface area (Å²) in [7, 11) is 0. The van der Waals surface area contributed by atoms with Crippen LogP contribution in [0, 0.1) is 5.92 Å². The minimum atomic E-state index is 0.283. The molecule has 0 amide bonds. The Morgan fingerprint density at radius 2 is 2.50 bits per heavy atom. The third-order valence-electron chi connectivity index (χ3n) is 2.36. The number of nitrogens with one attached hydrogen (secondary N) is 2. The monoisotopic (exact) mass is 172 g/mol. The van der Waals surface area contributed by atoms with Crippen LogP contribution < -0.4 is 10.6 Å². The lowest BCUT2D eigenvalue weighted by molar-refractivity contribution is 0.233. The summed E-state index contributed by atoms with van der Waals surface area (Å²) in [5, 5.41) is 15.5. The lowest BCUT2D eigenvalue weighted by Gasteiger charge is -2.13. The van der Waals surface area contributed by atoms with Crippen LogP contribution in [0.3, 0.4) is 0 Å². The van der Waals surface area contributed by atoms with Crippen LogP contribution in [0.4, 0.5) is 0 Å². The molecule has 3 N–H and O–H groups in total. The van der Waals surface area contributed by atoms with Crippen molar-refractivity contribution in [3.63, 3.8) is 0 Å². The van der Waals surface area contributed by atoms with Gasteiger partial charge < -0.3 is 15.7 Å². The lowest BCUT2D eigenvalue weighted by atomic mass is 10.2. The van der Waals surface area contributed by atoms with E-state index in [1.165, 1.54) is 19.4 Å². The second kappa shape index (κ2) is 5.51. The molecule has 1 saturated heterocycles. The van der Waals surface area contributed by atoms with Gasteiger partial charge in [0, 0.05) is 19.2 Å². The van der Waals surface area contributed by atoms with Gasteiger partial charge in [0.2, 0.25) is 0 Å². The minimum absolute atomic E-state index is 0.283. The van der Waals surface area contributed by atoms with E-state index in [-0.39, 0.29) is 6.61 Å². The van der Waals surface area contributed by atoms with Gasteiger partial charge in [-0.25, -0.2) is 0 Å². The van der Waals surface area contributed by atoms with Crippen LogP contribution >= 0.6 is 0 Å². The van der Waals surface area contributed by atoms with Crippen molar-refractivity contribution in [2.45, 2.75) is 25.8 Å². The van der Waals surface area contributed by atoms with E-state index >= 15 is 0 Å². The predicted molar refractivity (Wildman–Crippen MR) is 50.1 cm³/mol. The molecule has 0 bridgehead atoms. The molecule has 3 heteroatoms. The molecule has 1 heterocycles. The first-order chi connectivity index (χ1) is 5.83. The normalized spacial score (nSPS) is 26.0. The maximum atomic E-state index is 8.77. The zero-order chi connectivity index (χ0) is 8.81. The lowest BCUT2D eigenvalue weighted by Crippen LogP contribution is -2.36. The predicted octanol–water partition coefficient (Wildman–Crippen LogP) is -0.0436. The molecule has 0 saturated carbocycles. The van der Waals surface area contributed by atoms with Crippen molar-refractivity contribution >= 4 is 0 Å². The highest BCUT2D eigenvalue weighted by Gasteiger charge is 2.12. The van der Waals surface area contributed by atoms with E-state index < -0.39 is 0 Å². The van der Waals surface area contributed by atoms with Crippen molar-refractivity contribution < 1.29 is 5.11 Å². The number of aliphatic hydroxyl groups excluding tert-OH is 1. The van der Waals surface area contributed by atoms with Crippen molar-refractivity contribution in [3.05, 3.63) is 0 Å². The van der Waals surface area contributed by atoms with Crippen molar-refractivity contribution in [3.8, 4) is 0 Å². The number of hydrogen-bond acceptors (Lipinski definition) is 3. The largest absolute Gasteiger partial charge is 0.396 e. The van der Waals surface area contributed by atoms with Crippen LogP contribution in [0.1, 0.15) is 19.8 Å². The Hall–Kier alpha value is -0.120. The first-order valence-corrected chi connectivity index (χ1v) is 4.88. The summed E-state index contributed by atoms with van der Waals surface area (Å²) in [4.78, 5) is 0. The topological polar surface area (TPSA) is 44.3 Å². The van der Waals surface area contributed by atoms with Gasteiger partial charge in [-0.15, -0.1) is 0 Å². The van der Waals surface area contributed by atoms with Crippen LogP contribution in [0.15, 0.2) is 0 Å². The summed E-state index contributed by atoms with van der Waals surface area (Å²) in [5.41, 5.74) is 0. The zero-order valence-corrected chi connectivity index (χ0v) is 7.84. The van der Waals surface area contributed by atoms with E-state index in [4.69, 9.17) is 5.11 Å². The SMILES string of the molecule is CC(CO)CNCC1CCCN1. The molecule has 0 aliphatic carbocycles. The summed E-state index contributed by atoms with van der Waals surface area (Å²) >= 11 is 0. The molecular formula is C9H20N2O. The van der Waals surface area contributed by atoms with Gasteiger partial charge in [-0.05, 0) is 31.8 Å². The summed E-state index contributed by atoms with van der Waals surface area (Å²) in [6.07, 6.45) is 2.60. The fourth-order valence-corrected chi connectivity index (χ4v) is 1.50. The van der Waals surface area contributed by atoms with Gasteiger partial charge in [0.15, 0.2) is 0 Å². The third kappa shape index (κ3) is 3.52. The highest BCUT2D eigenvalue weighted by atomic mass is 16.3. The fraction of sp³-hybridized carbons (Fsp3) is 1.00. The second-order valence-electron chi connectivity index (χ2n) is 3.74. The minimum Gasteiger partial charge on any atom is -0.396 e. The molecule has 1 aliphatic heterocycles. The first kappa shape index (κ1) is 9.96. The van der Waals surface area contributed by atoms with Gasteiger partial charge in [-0.3, -0.25) is 0 Å². The molecule has 72 valence electrons. The molecule has 3 nitrogen and oxygen atoms in total. The molecule has 0 aromatic carbocycles. The van der Waals surface area contributed by atoms with Crippen molar-refractivity contribution in [2.24, 2.45) is 5.92 Å². The molecule has 1 rings (SSSR count). The van der Waals surface area contributed by atoms with E-state index in [9.17, 15) is 0 Å². The Labute approximate surface area is 74.5 Å². The molecule has 1 fully saturated rings. The quantitative estimate of drug-likeness (QED) is 0.545. The molecule has 0 aromatic rings. The van der Waals surface area contributed by atoms with Gasteiger partial charge >= 0.3 is 0 Å². The van der Waals surface area contributed by atoms with Crippen LogP contribution in [0.5, 0.6) is 0 Å². The van der Waals surface area contributed by atoms with E-state index in [2.05, 4.69) is 17.6 Å². The van der Waals surface area contributed by atoms with Crippen LogP contribution in [0.2, 0.25) is 0 Å². The van der Waals surface area contributed by atoms with Crippen LogP contribution in [-0.4, -0.2) is 37.4 Å². The van der Waals surface area contributed by atoms with Gasteiger partial charge in [0.1, 0.15) is 0 Å². The Balaban J connectivity index is 1.94. The zero-order valence-electron chi connectivity index (χ0n) is 7.84. The van der Waals surface area contributed by atoms with Crippen molar-refractivity contribution in [2.75, 3.05) is 26.2 Å². The maximum absolute atomic E-state index is 8.77. The third-order valence-corrected chi connectivity index (χ3v) is 2.36. The van der Waals surface area contributed by atoms with E-state index in [1.807, 2.05) is 0 Å². The first-order valence-electron chi connectivity index (χ1n) is 4.88. The van der Waals surface area contributed by atoms with Gasteiger partial charge in [-0.2, -0.15) is 0 Å². The smallest absolute Gasteiger partial charge is 0.0468 e. The van der Waals surface area contributed by atoms with Gasteiger partial charge in [0.25, 0.3) is 0 Å². The van der Waals surface area contributed by atoms with Gasteiger partial charge in [0.05, 0.1) is 0 Å². The summed E-state index contributed by atoms with van der Waals surface area (Å²) in [5.74, 6) is 0.381. The summed E-state index contributed by atoms with van der Waals surface area (Å²) in [6, 6.07) is 0.663. The van der Waals surface area contributed by atoms with E-state index in [1.54, 1.807) is 0 Å². The van der Waals surface area contributed by atoms with Crippen molar-refractivity contribution in [1.82, 2.24) is 10.6 Å². The van der Waals surface area contributed by atoms with Crippen LogP contribution in [-0.2, 0) is 0 Å². The fourth-order valence-electron chi connectivity index (χ4n) is 1.50. The summed E-state index contributed by atoms with van der Waals surface area (Å²) < 4.78 is 0. The standard InChI is InChI=1S/C9H20N2O/c1-8(7-12)5-10-6-9-3-2-4-11-9/h8-12H,2-7H2,1H3. The average molecular weight is 172 g/mol. The van der Waals surface area contributed by atoms with E-state index in [0.717, 1.165) is 13.1 Å². The molecule has 2 atom stereocenters.